The van der Waals surface area contributed by atoms with Crippen LogP contribution in [0.5, 0.6) is 0 Å². The summed E-state index contributed by atoms with van der Waals surface area (Å²) < 4.78 is 8.23. The molecule has 9 rings (SSSR count). The summed E-state index contributed by atoms with van der Waals surface area (Å²) in [7, 11) is 16.5. The van der Waals surface area contributed by atoms with Crippen LogP contribution in [-0.4, -0.2) is 66.3 Å². The number of rotatable bonds is 3. The number of aromatic nitrogens is 2. The van der Waals surface area contributed by atoms with Crippen LogP contribution < -0.4 is 40.6 Å². The summed E-state index contributed by atoms with van der Waals surface area (Å²) in [5, 5.41) is 4.05. The molecule has 0 saturated carbocycles. The van der Waals surface area contributed by atoms with Gasteiger partial charge in [-0.2, -0.15) is 4.51 Å². The van der Waals surface area contributed by atoms with E-state index in [4.69, 9.17) is 16.8 Å². The normalized spacial score (nSPS) is 11.9. The number of hydrogen-bond donors (Lipinski definition) is 0. The molecule has 0 fully saturated rings. The maximum atomic E-state index is 5.51. The Balaban J connectivity index is 0.000000135. The molecule has 3 aliphatic heterocycles. The van der Waals surface area contributed by atoms with Gasteiger partial charge in [0, 0.05) is 93.0 Å². The Morgan fingerprint density at radius 2 is 1.34 bits per heavy atom. The number of aryl methyl sites for hydroxylation is 2. The molecule has 59 heavy (non-hydrogen) atoms. The van der Waals surface area contributed by atoms with Crippen LogP contribution in [0.15, 0.2) is 116 Å². The average Bonchev–Trinajstić information content (AvgIpc) is 3.21. The monoisotopic (exact) mass is 855 g/mol. The lowest BCUT2D eigenvalue weighted by Crippen LogP contribution is -2.22. The Kier molecular flexibility index (Phi) is 12.4. The highest BCUT2D eigenvalue weighted by atomic mass is 35.5. The van der Waals surface area contributed by atoms with Crippen molar-refractivity contribution in [2.75, 3.05) is 71.1 Å². The van der Waals surface area contributed by atoms with Gasteiger partial charge in [0.2, 0.25) is 5.36 Å². The first-order valence-corrected chi connectivity index (χ1v) is 21.8. The topological polar surface area (TPSA) is 63.2 Å². The molecule has 0 bridgehead atoms. The SMILES string of the molecule is C=c1ccc2c(c1)Sc1cc(N(C)C)ccc1N=2.CN(C)c1ccc2nc3ccc(=NCl)cc-3sc2c1.Cc1cc(=[N+](C)C)cc2sc3cc(N(C)C)cc(C)c3nc1-2. The highest BCUT2D eigenvalue weighted by Gasteiger charge is 2.16. The van der Waals surface area contributed by atoms with Gasteiger partial charge in [-0.25, -0.2) is 19.5 Å². The molecule has 0 spiro atoms. The molecule has 0 amide bonds. The molecule has 8 nitrogen and oxygen atoms in total. The fourth-order valence-electron chi connectivity index (χ4n) is 6.52. The molecule has 12 heteroatoms. The molecule has 0 N–H and O–H groups in total. The summed E-state index contributed by atoms with van der Waals surface area (Å²) in [6.07, 6.45) is 0. The number of hydrogen-bond acceptors (Lipinski definition) is 10. The van der Waals surface area contributed by atoms with E-state index in [-0.39, 0.29) is 0 Å². The van der Waals surface area contributed by atoms with E-state index in [0.717, 1.165) is 53.6 Å². The van der Waals surface area contributed by atoms with Crippen LogP contribution in [0.4, 0.5) is 22.7 Å². The van der Waals surface area contributed by atoms with Crippen LogP contribution in [0.25, 0.3) is 48.2 Å². The second-order valence-electron chi connectivity index (χ2n) is 15.3. The third-order valence-corrected chi connectivity index (χ3v) is 13.3. The minimum atomic E-state index is 0.760. The van der Waals surface area contributed by atoms with Gasteiger partial charge in [0.25, 0.3) is 0 Å². The molecule has 0 saturated heterocycles. The Bertz CT molecular complexity index is 3060. The smallest absolute Gasteiger partial charge is 0.201 e. The summed E-state index contributed by atoms with van der Waals surface area (Å²) in [6.45, 7) is 8.25. The predicted molar refractivity (Wildman–Crippen MR) is 256 cm³/mol. The molecule has 2 aliphatic carbocycles. The van der Waals surface area contributed by atoms with Gasteiger partial charge in [-0.15, -0.1) is 22.7 Å². The first-order chi connectivity index (χ1) is 28.2. The Morgan fingerprint density at radius 3 is 2.05 bits per heavy atom. The number of halogens is 1. The Hall–Kier alpha value is -5.33. The summed E-state index contributed by atoms with van der Waals surface area (Å²) >= 11 is 10.8. The first kappa shape index (κ1) is 41.8. The fraction of sp³-hybridized carbons (Fsp3) is 0.213. The lowest BCUT2D eigenvalue weighted by Gasteiger charge is -2.17. The molecule has 300 valence electrons. The third-order valence-electron chi connectivity index (χ3n) is 9.88. The molecular weight excluding hydrogens is 808 g/mol. The maximum absolute atomic E-state index is 5.51. The quantitative estimate of drug-likeness (QED) is 0.131. The van der Waals surface area contributed by atoms with Crippen LogP contribution in [0.1, 0.15) is 11.1 Å². The molecule has 4 aromatic carbocycles. The van der Waals surface area contributed by atoms with Crippen molar-refractivity contribution >= 4 is 96.0 Å². The zero-order valence-electron chi connectivity index (χ0n) is 35.1. The third kappa shape index (κ3) is 9.29. The van der Waals surface area contributed by atoms with Gasteiger partial charge >= 0.3 is 0 Å². The largest absolute Gasteiger partial charge is 0.378 e. The molecule has 3 heterocycles. The molecule has 0 unspecified atom stereocenters. The number of nitrogens with zero attached hydrogens (tertiary/aromatic N) is 8. The molecule has 0 atom stereocenters. The van der Waals surface area contributed by atoms with Crippen LogP contribution in [0, 0.1) is 13.8 Å². The predicted octanol–water partition coefficient (Wildman–Crippen LogP) is 9.22. The van der Waals surface area contributed by atoms with Gasteiger partial charge in [-0.1, -0.05) is 24.4 Å². The highest BCUT2D eigenvalue weighted by Crippen LogP contribution is 2.39. The van der Waals surface area contributed by atoms with Crippen molar-refractivity contribution in [1.29, 1.82) is 0 Å². The van der Waals surface area contributed by atoms with Gasteiger partial charge in [-0.05, 0) is 109 Å². The number of fused-ring (bicyclic) bond motifs is 6. The van der Waals surface area contributed by atoms with Gasteiger partial charge in [0.1, 0.15) is 14.1 Å². The van der Waals surface area contributed by atoms with Crippen molar-refractivity contribution in [2.24, 2.45) is 9.50 Å². The summed E-state index contributed by atoms with van der Waals surface area (Å²) in [4.78, 5) is 25.4. The second-order valence-corrected chi connectivity index (χ2v) is 18.7. The van der Waals surface area contributed by atoms with Gasteiger partial charge in [0.15, 0.2) is 0 Å². The Morgan fingerprint density at radius 1 is 0.644 bits per heavy atom. The fourth-order valence-corrected chi connectivity index (χ4v) is 9.92. The van der Waals surface area contributed by atoms with E-state index >= 15 is 0 Å². The van der Waals surface area contributed by atoms with Crippen molar-refractivity contribution in [2.45, 2.75) is 23.6 Å². The standard InChI is InChI=1S/C18H22N3S.C15H14N2S.C14H12ClN3S/c1-11-7-13(20(3)4)9-15-17(11)19-18-12(2)8-14(21(5)6)10-16(18)22-15;1-10-4-6-12-14(8-10)18-15-9-11(17(2)3)5-7-13(15)16-12;1-18(2)10-4-6-12-14(8-10)19-13-7-9(17-15)3-5-11(13)16-12/h7-10H,1-6H3;4-9H,1H2,2-3H3;3-8H,1-2H3/q+1;;. The minimum Gasteiger partial charge on any atom is -0.378 e. The van der Waals surface area contributed by atoms with Crippen molar-refractivity contribution in [3.63, 3.8) is 0 Å². The van der Waals surface area contributed by atoms with E-state index in [0.29, 0.717) is 0 Å². The first-order valence-electron chi connectivity index (χ1n) is 19.0. The molecule has 4 aromatic rings. The van der Waals surface area contributed by atoms with E-state index in [9.17, 15) is 0 Å². The van der Waals surface area contributed by atoms with Crippen molar-refractivity contribution in [3.8, 4) is 21.1 Å². The van der Waals surface area contributed by atoms with Gasteiger partial charge in [-0.3, -0.25) is 0 Å². The van der Waals surface area contributed by atoms with Crippen LogP contribution in [0.3, 0.4) is 0 Å². The molecular formula is C47H48ClN8S3+. The van der Waals surface area contributed by atoms with E-state index in [2.05, 4.69) is 149 Å². The van der Waals surface area contributed by atoms with Crippen LogP contribution in [0.2, 0.25) is 0 Å². The lowest BCUT2D eigenvalue weighted by atomic mass is 10.1. The van der Waals surface area contributed by atoms with E-state index < -0.39 is 0 Å². The lowest BCUT2D eigenvalue weighted by molar-refractivity contribution is 0.812. The van der Waals surface area contributed by atoms with E-state index in [1.165, 1.54) is 52.9 Å². The minimum absolute atomic E-state index is 0.760. The van der Waals surface area contributed by atoms with E-state index in [1.807, 2.05) is 69.9 Å². The number of benzene rings is 6. The van der Waals surface area contributed by atoms with Crippen molar-refractivity contribution < 1.29 is 0 Å². The summed E-state index contributed by atoms with van der Waals surface area (Å²) in [5.74, 6) is 0. The van der Waals surface area contributed by atoms with Gasteiger partial charge in [0.05, 0.1) is 58.0 Å². The number of anilines is 3. The van der Waals surface area contributed by atoms with Crippen LogP contribution >= 0.6 is 46.2 Å². The van der Waals surface area contributed by atoms with Crippen molar-refractivity contribution in [3.05, 3.63) is 129 Å². The highest BCUT2D eigenvalue weighted by molar-refractivity contribution is 7.99. The van der Waals surface area contributed by atoms with Crippen LogP contribution in [-0.2, 0) is 0 Å². The zero-order valence-corrected chi connectivity index (χ0v) is 38.3. The average molecular weight is 857 g/mol. The molecule has 0 aromatic heterocycles. The molecule has 5 aliphatic rings. The van der Waals surface area contributed by atoms with Crippen molar-refractivity contribution in [1.82, 2.24) is 14.5 Å². The maximum Gasteiger partial charge on any atom is 0.201 e. The molecule has 0 radical (unpaired) electrons. The zero-order chi connectivity index (χ0) is 42.1. The van der Waals surface area contributed by atoms with Gasteiger partial charge < -0.3 is 14.7 Å². The summed E-state index contributed by atoms with van der Waals surface area (Å²) in [5.41, 5.74) is 11.3. The Labute approximate surface area is 363 Å². The second kappa shape index (κ2) is 17.5. The summed E-state index contributed by atoms with van der Waals surface area (Å²) in [6, 6.07) is 33.4. The van der Waals surface area contributed by atoms with E-state index in [1.54, 1.807) is 23.1 Å².